The third kappa shape index (κ3) is 3.89. The summed E-state index contributed by atoms with van der Waals surface area (Å²) in [6, 6.07) is 6.86. The van der Waals surface area contributed by atoms with Gasteiger partial charge in [0.15, 0.2) is 0 Å². The number of nitrogens with one attached hydrogen (secondary N) is 1. The molecule has 128 valence electrons. The van der Waals surface area contributed by atoms with Crippen LogP contribution in [-0.2, 0) is 4.79 Å². The van der Waals surface area contributed by atoms with Gasteiger partial charge >= 0.3 is 12.0 Å². The second-order valence-corrected chi connectivity index (χ2v) is 5.69. The first-order valence-electron chi connectivity index (χ1n) is 7.54. The number of carbonyl (C=O) groups excluding carboxylic acids is 1. The Hall–Kier alpha value is -2.90. The first kappa shape index (κ1) is 17.5. The molecule has 1 unspecified atom stereocenters. The fourth-order valence-corrected chi connectivity index (χ4v) is 2.30. The zero-order valence-electron chi connectivity index (χ0n) is 14.1. The summed E-state index contributed by atoms with van der Waals surface area (Å²) in [5.41, 5.74) is 1.27. The third-order valence-corrected chi connectivity index (χ3v) is 3.56. The molecule has 0 radical (unpaired) electrons. The lowest BCUT2D eigenvalue weighted by molar-refractivity contribution is -0.141. The van der Waals surface area contributed by atoms with Gasteiger partial charge in [-0.2, -0.15) is 5.10 Å². The highest BCUT2D eigenvalue weighted by atomic mass is 16.4. The van der Waals surface area contributed by atoms with E-state index in [4.69, 9.17) is 5.11 Å². The summed E-state index contributed by atoms with van der Waals surface area (Å²) >= 11 is 0. The summed E-state index contributed by atoms with van der Waals surface area (Å²) in [5.74, 6) is -0.233. The second-order valence-electron chi connectivity index (χ2n) is 5.69. The number of carboxylic acid groups (broad SMARTS) is 1. The minimum atomic E-state index is -0.941. The average Bonchev–Trinajstić information content (AvgIpc) is 2.86. The van der Waals surface area contributed by atoms with Gasteiger partial charge in [0.25, 0.3) is 0 Å². The normalized spacial score (nSPS) is 11.8. The highest BCUT2D eigenvalue weighted by Crippen LogP contribution is 2.21. The Balaban J connectivity index is 2.20. The van der Waals surface area contributed by atoms with Gasteiger partial charge < -0.3 is 15.3 Å². The van der Waals surface area contributed by atoms with E-state index in [1.807, 2.05) is 19.1 Å². The van der Waals surface area contributed by atoms with E-state index in [2.05, 4.69) is 15.4 Å². The first-order valence-corrected chi connectivity index (χ1v) is 7.54. The van der Waals surface area contributed by atoms with Crippen LogP contribution in [0.25, 0.3) is 5.69 Å². The van der Waals surface area contributed by atoms with Crippen molar-refractivity contribution in [2.75, 3.05) is 18.9 Å². The largest absolute Gasteiger partial charge is 0.481 e. The number of aliphatic carboxylic acids is 1. The van der Waals surface area contributed by atoms with Crippen LogP contribution in [-0.4, -0.2) is 50.4 Å². The van der Waals surface area contributed by atoms with Gasteiger partial charge in [0.2, 0.25) is 0 Å². The molecule has 1 atom stereocenters. The number of aromatic nitrogens is 3. The topological polar surface area (TPSA) is 100 Å². The number of benzene rings is 1. The molecule has 0 bridgehead atoms. The molecule has 0 fully saturated rings. The Morgan fingerprint density at radius 3 is 2.58 bits per heavy atom. The summed E-state index contributed by atoms with van der Waals surface area (Å²) in [4.78, 5) is 28.8. The van der Waals surface area contributed by atoms with Crippen LogP contribution in [0, 0.1) is 19.8 Å². The van der Waals surface area contributed by atoms with Gasteiger partial charge in [0, 0.05) is 13.6 Å². The molecular weight excluding hydrogens is 310 g/mol. The lowest BCUT2D eigenvalue weighted by Gasteiger charge is -2.21. The van der Waals surface area contributed by atoms with Crippen LogP contribution < -0.4 is 5.32 Å². The van der Waals surface area contributed by atoms with Crippen molar-refractivity contribution in [3.63, 3.8) is 0 Å². The van der Waals surface area contributed by atoms with Crippen LogP contribution in [0.15, 0.2) is 24.3 Å². The third-order valence-electron chi connectivity index (χ3n) is 3.56. The number of hydrogen-bond acceptors (Lipinski definition) is 4. The predicted octanol–water partition coefficient (Wildman–Crippen LogP) is 2.07. The average molecular weight is 331 g/mol. The number of urea groups is 1. The first-order chi connectivity index (χ1) is 11.3. The van der Waals surface area contributed by atoms with Crippen molar-refractivity contribution in [2.24, 2.45) is 5.92 Å². The minimum Gasteiger partial charge on any atom is -0.481 e. The van der Waals surface area contributed by atoms with E-state index < -0.39 is 11.9 Å². The highest BCUT2D eigenvalue weighted by Gasteiger charge is 2.19. The standard InChI is InChI=1S/C16H21N5O3/c1-10(15(22)23)9-20(4)16(24)18-13-7-5-6-8-14(13)21-12(3)17-11(2)19-21/h5-8,10H,9H2,1-4H3,(H,18,24)(H,22,23). The van der Waals surface area contributed by atoms with Crippen molar-refractivity contribution in [1.82, 2.24) is 19.7 Å². The summed E-state index contributed by atoms with van der Waals surface area (Å²) in [6.45, 7) is 5.30. The molecule has 8 heteroatoms. The fourth-order valence-electron chi connectivity index (χ4n) is 2.30. The summed E-state index contributed by atoms with van der Waals surface area (Å²) in [5, 5.41) is 16.1. The van der Waals surface area contributed by atoms with Gasteiger partial charge in [-0.1, -0.05) is 19.1 Å². The lowest BCUT2D eigenvalue weighted by atomic mass is 10.2. The molecule has 1 aromatic heterocycles. The molecule has 24 heavy (non-hydrogen) atoms. The zero-order chi connectivity index (χ0) is 17.9. The highest BCUT2D eigenvalue weighted by molar-refractivity contribution is 5.91. The molecule has 0 aliphatic carbocycles. The monoisotopic (exact) mass is 331 g/mol. The van der Waals surface area contributed by atoms with Gasteiger partial charge in [-0.05, 0) is 26.0 Å². The molecule has 0 saturated heterocycles. The van der Waals surface area contributed by atoms with E-state index in [9.17, 15) is 9.59 Å². The Morgan fingerprint density at radius 2 is 2.00 bits per heavy atom. The maximum absolute atomic E-state index is 12.3. The maximum atomic E-state index is 12.3. The van der Waals surface area contributed by atoms with Crippen LogP contribution >= 0.6 is 0 Å². The molecule has 2 aromatic rings. The van der Waals surface area contributed by atoms with E-state index in [-0.39, 0.29) is 12.6 Å². The van der Waals surface area contributed by atoms with Crippen LogP contribution in [0.1, 0.15) is 18.6 Å². The second kappa shape index (κ2) is 7.12. The van der Waals surface area contributed by atoms with E-state index in [0.717, 1.165) is 0 Å². The Morgan fingerprint density at radius 1 is 1.33 bits per heavy atom. The molecule has 2 rings (SSSR count). The number of carbonyl (C=O) groups is 2. The number of para-hydroxylation sites is 2. The Kier molecular flexibility index (Phi) is 5.18. The van der Waals surface area contributed by atoms with Crippen molar-refractivity contribution >= 4 is 17.7 Å². The Bertz CT molecular complexity index is 756. The van der Waals surface area contributed by atoms with Crippen LogP contribution in [0.4, 0.5) is 10.5 Å². The van der Waals surface area contributed by atoms with Crippen molar-refractivity contribution in [3.05, 3.63) is 35.9 Å². The molecule has 0 aliphatic rings. The Labute approximate surface area is 140 Å². The van der Waals surface area contributed by atoms with E-state index in [0.29, 0.717) is 23.0 Å². The number of aryl methyl sites for hydroxylation is 2. The van der Waals surface area contributed by atoms with Crippen molar-refractivity contribution in [3.8, 4) is 5.69 Å². The molecule has 0 spiro atoms. The maximum Gasteiger partial charge on any atom is 0.321 e. The zero-order valence-corrected chi connectivity index (χ0v) is 14.1. The van der Waals surface area contributed by atoms with Gasteiger partial charge in [0.05, 0.1) is 17.3 Å². The smallest absolute Gasteiger partial charge is 0.321 e. The number of amides is 2. The van der Waals surface area contributed by atoms with Gasteiger partial charge in [0.1, 0.15) is 11.6 Å². The molecular formula is C16H21N5O3. The number of nitrogens with zero attached hydrogens (tertiary/aromatic N) is 4. The molecule has 1 heterocycles. The lowest BCUT2D eigenvalue weighted by Crippen LogP contribution is -2.36. The van der Waals surface area contributed by atoms with E-state index >= 15 is 0 Å². The van der Waals surface area contributed by atoms with Gasteiger partial charge in [-0.25, -0.2) is 14.5 Å². The van der Waals surface area contributed by atoms with Crippen LogP contribution in [0.2, 0.25) is 0 Å². The van der Waals surface area contributed by atoms with Crippen molar-refractivity contribution in [1.29, 1.82) is 0 Å². The summed E-state index contributed by atoms with van der Waals surface area (Å²) in [7, 11) is 1.56. The van der Waals surface area contributed by atoms with E-state index in [1.165, 1.54) is 4.90 Å². The SMILES string of the molecule is Cc1nc(C)n(-c2ccccc2NC(=O)N(C)CC(C)C(=O)O)n1. The van der Waals surface area contributed by atoms with E-state index in [1.54, 1.807) is 37.7 Å². The molecule has 1 aromatic carbocycles. The fraction of sp³-hybridized carbons (Fsp3) is 0.375. The van der Waals surface area contributed by atoms with Crippen LogP contribution in [0.5, 0.6) is 0 Å². The minimum absolute atomic E-state index is 0.116. The van der Waals surface area contributed by atoms with Gasteiger partial charge in [-0.3, -0.25) is 4.79 Å². The van der Waals surface area contributed by atoms with Crippen molar-refractivity contribution < 1.29 is 14.7 Å². The molecule has 2 N–H and O–H groups in total. The van der Waals surface area contributed by atoms with Crippen molar-refractivity contribution in [2.45, 2.75) is 20.8 Å². The number of hydrogen-bond donors (Lipinski definition) is 2. The van der Waals surface area contributed by atoms with Crippen LogP contribution in [0.3, 0.4) is 0 Å². The number of carboxylic acids is 1. The molecule has 2 amide bonds. The molecule has 0 aliphatic heterocycles. The number of rotatable bonds is 5. The summed E-state index contributed by atoms with van der Waals surface area (Å²) < 4.78 is 1.66. The number of anilines is 1. The van der Waals surface area contributed by atoms with Gasteiger partial charge in [-0.15, -0.1) is 0 Å². The quantitative estimate of drug-likeness (QED) is 0.873. The predicted molar refractivity (Wildman–Crippen MR) is 89.3 cm³/mol. The summed E-state index contributed by atoms with van der Waals surface area (Å²) in [6.07, 6.45) is 0. The molecule has 0 saturated carbocycles. The molecule has 8 nitrogen and oxygen atoms in total.